The third-order valence-electron chi connectivity index (χ3n) is 5.26. The maximum atomic E-state index is 13.2. The average molecular weight is 417 g/mol. The number of carbonyl (C=O) groups excluding carboxylic acids is 1. The summed E-state index contributed by atoms with van der Waals surface area (Å²) in [6.45, 7) is 3.08. The predicted molar refractivity (Wildman–Crippen MR) is 121 cm³/mol. The summed E-state index contributed by atoms with van der Waals surface area (Å²) in [5, 5.41) is 14.9. The summed E-state index contributed by atoms with van der Waals surface area (Å²) < 4.78 is 3.41. The first-order valence-electron chi connectivity index (χ1n) is 10.1. The summed E-state index contributed by atoms with van der Waals surface area (Å²) >= 11 is 1.49. The summed E-state index contributed by atoms with van der Waals surface area (Å²) in [6.07, 6.45) is 0.541. The smallest absolute Gasteiger partial charge is 0.241 e. The van der Waals surface area contributed by atoms with Gasteiger partial charge in [-0.05, 0) is 59.0 Å². The second kappa shape index (κ2) is 9.77. The molecule has 3 aromatic carbocycles. The van der Waals surface area contributed by atoms with Gasteiger partial charge in [-0.15, -0.1) is 0 Å². The number of piperazine rings is 1. The molecule has 1 aliphatic heterocycles. The quantitative estimate of drug-likeness (QED) is 0.603. The predicted octanol–water partition coefficient (Wildman–Crippen LogP) is 3.35. The molecule has 0 saturated carbocycles. The van der Waals surface area contributed by atoms with Gasteiger partial charge in [0.2, 0.25) is 5.91 Å². The Morgan fingerprint density at radius 2 is 1.87 bits per heavy atom. The first-order valence-corrected chi connectivity index (χ1v) is 10.9. The largest absolute Gasteiger partial charge is 0.339 e. The van der Waals surface area contributed by atoms with Crippen LogP contribution in [-0.2, 0) is 11.2 Å². The molecule has 0 spiro atoms. The number of rotatable bonds is 6. The molecule has 1 aliphatic rings. The lowest BCUT2D eigenvalue weighted by molar-refractivity contribution is -0.133. The lowest BCUT2D eigenvalue weighted by atomic mass is 10.0. The summed E-state index contributed by atoms with van der Waals surface area (Å²) in [6, 6.07) is 23.9. The lowest BCUT2D eigenvalue weighted by Gasteiger charge is -2.31. The topological polar surface area (TPSA) is 68.2 Å². The van der Waals surface area contributed by atoms with E-state index in [9.17, 15) is 10.1 Å². The molecule has 152 valence electrons. The number of fused-ring (bicyclic) bond motifs is 1. The minimum Gasteiger partial charge on any atom is -0.339 e. The Morgan fingerprint density at radius 3 is 2.67 bits per heavy atom. The van der Waals surface area contributed by atoms with E-state index >= 15 is 0 Å². The van der Waals surface area contributed by atoms with E-state index in [1.807, 2.05) is 35.2 Å². The van der Waals surface area contributed by atoms with Crippen LogP contribution >= 0.6 is 11.9 Å². The third kappa shape index (κ3) is 5.00. The molecule has 0 radical (unpaired) electrons. The van der Waals surface area contributed by atoms with Crippen LogP contribution in [0.25, 0.3) is 10.8 Å². The molecule has 1 unspecified atom stereocenters. The molecule has 1 fully saturated rings. The van der Waals surface area contributed by atoms with Crippen LogP contribution in [0.5, 0.6) is 0 Å². The molecule has 1 heterocycles. The van der Waals surface area contributed by atoms with Crippen molar-refractivity contribution in [1.82, 2.24) is 14.9 Å². The number of carbonyl (C=O) groups is 1. The number of amides is 1. The number of benzene rings is 3. The summed E-state index contributed by atoms with van der Waals surface area (Å²) in [7, 11) is 0. The normalized spacial score (nSPS) is 15.0. The molecule has 0 aromatic heterocycles. The van der Waals surface area contributed by atoms with Crippen LogP contribution in [0, 0.1) is 11.3 Å². The molecule has 30 heavy (non-hydrogen) atoms. The molecule has 1 atom stereocenters. The molecular formula is C24H24N4OS. The van der Waals surface area contributed by atoms with E-state index in [4.69, 9.17) is 0 Å². The Morgan fingerprint density at radius 1 is 1.07 bits per heavy atom. The molecular weight excluding hydrogens is 392 g/mol. The van der Waals surface area contributed by atoms with Gasteiger partial charge in [-0.2, -0.15) is 5.26 Å². The van der Waals surface area contributed by atoms with Gasteiger partial charge < -0.3 is 10.2 Å². The minimum absolute atomic E-state index is 0.104. The average Bonchev–Trinajstić information content (AvgIpc) is 2.82. The van der Waals surface area contributed by atoms with Gasteiger partial charge >= 0.3 is 0 Å². The zero-order chi connectivity index (χ0) is 20.8. The number of nitriles is 1. The van der Waals surface area contributed by atoms with E-state index in [0.717, 1.165) is 36.6 Å². The van der Waals surface area contributed by atoms with Crippen LogP contribution in [0.3, 0.4) is 0 Å². The van der Waals surface area contributed by atoms with Gasteiger partial charge in [-0.1, -0.05) is 42.5 Å². The van der Waals surface area contributed by atoms with Gasteiger partial charge in [0.25, 0.3) is 0 Å². The Kier molecular flexibility index (Phi) is 6.65. The van der Waals surface area contributed by atoms with Crippen molar-refractivity contribution in [3.8, 4) is 6.07 Å². The fourth-order valence-electron chi connectivity index (χ4n) is 3.66. The number of hydrogen-bond acceptors (Lipinski definition) is 5. The van der Waals surface area contributed by atoms with Crippen molar-refractivity contribution in [1.29, 1.82) is 5.26 Å². The third-order valence-corrected chi connectivity index (χ3v) is 6.15. The Hall–Kier alpha value is -2.85. The van der Waals surface area contributed by atoms with Gasteiger partial charge in [0.15, 0.2) is 0 Å². The van der Waals surface area contributed by atoms with E-state index in [0.29, 0.717) is 12.0 Å². The van der Waals surface area contributed by atoms with Crippen molar-refractivity contribution in [3.63, 3.8) is 0 Å². The van der Waals surface area contributed by atoms with Gasteiger partial charge in [-0.3, -0.25) is 4.79 Å². The lowest BCUT2D eigenvalue weighted by Crippen LogP contribution is -2.52. The second-order valence-corrected chi connectivity index (χ2v) is 8.28. The Labute approximate surface area is 181 Å². The standard InChI is InChI=1S/C24H24N4OS/c25-17-19-5-3-4-18(14-19)15-23(24(29)28-12-10-26-11-13-28)27-30-22-9-8-20-6-1-2-7-21(20)16-22/h1-9,14,16,23,26-27H,10-13,15H2. The summed E-state index contributed by atoms with van der Waals surface area (Å²) in [5.74, 6) is 0.104. The molecule has 1 saturated heterocycles. The fraction of sp³-hybridized carbons (Fsp3) is 0.250. The molecule has 2 N–H and O–H groups in total. The number of hydrogen-bond donors (Lipinski definition) is 2. The van der Waals surface area contributed by atoms with Gasteiger partial charge in [-0.25, -0.2) is 4.72 Å². The minimum atomic E-state index is -0.367. The summed E-state index contributed by atoms with van der Waals surface area (Å²) in [4.78, 5) is 16.2. The van der Waals surface area contributed by atoms with Crippen LogP contribution in [0.15, 0.2) is 71.6 Å². The van der Waals surface area contributed by atoms with Crippen molar-refractivity contribution >= 4 is 28.6 Å². The van der Waals surface area contributed by atoms with Gasteiger partial charge in [0.05, 0.1) is 11.6 Å². The van der Waals surface area contributed by atoms with E-state index in [2.05, 4.69) is 46.4 Å². The number of nitrogens with one attached hydrogen (secondary N) is 2. The van der Waals surface area contributed by atoms with Crippen molar-refractivity contribution in [3.05, 3.63) is 77.9 Å². The monoisotopic (exact) mass is 416 g/mol. The molecule has 3 aromatic rings. The Balaban J connectivity index is 1.52. The van der Waals surface area contributed by atoms with Crippen LogP contribution in [-0.4, -0.2) is 43.0 Å². The highest BCUT2D eigenvalue weighted by atomic mass is 32.2. The molecule has 5 nitrogen and oxygen atoms in total. The highest BCUT2D eigenvalue weighted by molar-refractivity contribution is 7.97. The van der Waals surface area contributed by atoms with E-state index in [-0.39, 0.29) is 11.9 Å². The van der Waals surface area contributed by atoms with Crippen LogP contribution in [0.2, 0.25) is 0 Å². The Bertz CT molecular complexity index is 1070. The van der Waals surface area contributed by atoms with Crippen LogP contribution in [0.4, 0.5) is 0 Å². The zero-order valence-corrected chi connectivity index (χ0v) is 17.5. The first-order chi connectivity index (χ1) is 14.7. The van der Waals surface area contributed by atoms with Crippen molar-refractivity contribution in [2.75, 3.05) is 26.2 Å². The van der Waals surface area contributed by atoms with Gasteiger partial charge in [0.1, 0.15) is 6.04 Å². The highest BCUT2D eigenvalue weighted by Crippen LogP contribution is 2.23. The van der Waals surface area contributed by atoms with Crippen molar-refractivity contribution in [2.24, 2.45) is 0 Å². The maximum absolute atomic E-state index is 13.2. The molecule has 4 rings (SSSR count). The van der Waals surface area contributed by atoms with Crippen LogP contribution < -0.4 is 10.0 Å². The molecule has 1 amide bonds. The van der Waals surface area contributed by atoms with Crippen LogP contribution in [0.1, 0.15) is 11.1 Å². The van der Waals surface area contributed by atoms with E-state index in [1.54, 1.807) is 6.07 Å². The molecule has 0 bridgehead atoms. The summed E-state index contributed by atoms with van der Waals surface area (Å²) in [5.41, 5.74) is 1.59. The second-order valence-electron chi connectivity index (χ2n) is 7.37. The first kappa shape index (κ1) is 20.4. The van der Waals surface area contributed by atoms with Crippen molar-refractivity contribution < 1.29 is 4.79 Å². The van der Waals surface area contributed by atoms with E-state index in [1.165, 1.54) is 22.7 Å². The highest BCUT2D eigenvalue weighted by Gasteiger charge is 2.26. The van der Waals surface area contributed by atoms with Crippen molar-refractivity contribution in [2.45, 2.75) is 17.4 Å². The SMILES string of the molecule is N#Cc1cccc(CC(NSc2ccc3ccccc3c2)C(=O)N2CCNCC2)c1. The molecule has 0 aliphatic carbocycles. The van der Waals surface area contributed by atoms with E-state index < -0.39 is 0 Å². The zero-order valence-electron chi connectivity index (χ0n) is 16.7. The van der Waals surface area contributed by atoms with Gasteiger partial charge in [0, 0.05) is 31.1 Å². The maximum Gasteiger partial charge on any atom is 0.241 e. The molecule has 6 heteroatoms. The number of nitrogens with zero attached hydrogens (tertiary/aromatic N) is 2. The fourth-order valence-corrected chi connectivity index (χ4v) is 4.44.